The predicted molar refractivity (Wildman–Crippen MR) is 67.0 cm³/mol. The van der Waals surface area contributed by atoms with Gasteiger partial charge in [-0.15, -0.1) is 0 Å². The van der Waals surface area contributed by atoms with Crippen molar-refractivity contribution in [2.75, 3.05) is 33.7 Å². The molecule has 1 N–H and O–H groups in total. The summed E-state index contributed by atoms with van der Waals surface area (Å²) in [6.45, 7) is -1.16. The van der Waals surface area contributed by atoms with Gasteiger partial charge in [-0.05, 0) is 19.4 Å². The van der Waals surface area contributed by atoms with Crippen molar-refractivity contribution in [2.24, 2.45) is 0 Å². The largest absolute Gasteiger partial charge is 0.406 e. The van der Waals surface area contributed by atoms with E-state index in [-0.39, 0.29) is 12.5 Å². The van der Waals surface area contributed by atoms with Gasteiger partial charge in [-0.3, -0.25) is 9.59 Å². The van der Waals surface area contributed by atoms with Crippen LogP contribution in [0.2, 0.25) is 0 Å². The lowest BCUT2D eigenvalue weighted by Gasteiger charge is -2.26. The Hall–Kier alpha value is -1.31. The molecular weight excluding hydrogens is 275 g/mol. The predicted octanol–water partition coefficient (Wildman–Crippen LogP) is 0.608. The molecule has 1 aliphatic rings. The van der Waals surface area contributed by atoms with Crippen molar-refractivity contribution in [3.8, 4) is 0 Å². The minimum Gasteiger partial charge on any atom is -0.347 e. The molecule has 0 radical (unpaired) electrons. The Bertz CT molecular complexity index is 352. The molecule has 2 amide bonds. The summed E-state index contributed by atoms with van der Waals surface area (Å²) in [6, 6.07) is -0.0901. The van der Waals surface area contributed by atoms with Crippen molar-refractivity contribution in [3.63, 3.8) is 0 Å². The van der Waals surface area contributed by atoms with Crippen LogP contribution in [0.15, 0.2) is 0 Å². The van der Waals surface area contributed by atoms with E-state index >= 15 is 0 Å². The second kappa shape index (κ2) is 6.92. The summed E-state index contributed by atoms with van der Waals surface area (Å²) in [5.41, 5.74) is 0. The summed E-state index contributed by atoms with van der Waals surface area (Å²) in [5, 5.41) is 3.06. The lowest BCUT2D eigenvalue weighted by Crippen LogP contribution is -2.46. The monoisotopic (exact) mass is 295 g/mol. The molecule has 0 aromatic rings. The van der Waals surface area contributed by atoms with Crippen LogP contribution in [0, 0.1) is 0 Å². The molecule has 0 aliphatic carbocycles. The molecule has 0 bridgehead atoms. The van der Waals surface area contributed by atoms with Gasteiger partial charge in [-0.25, -0.2) is 0 Å². The van der Waals surface area contributed by atoms with E-state index < -0.39 is 31.1 Å². The van der Waals surface area contributed by atoms with Gasteiger partial charge in [-0.1, -0.05) is 0 Å². The number of nitrogens with zero attached hydrogens (tertiary/aromatic N) is 2. The van der Waals surface area contributed by atoms with Gasteiger partial charge in [0.05, 0.1) is 0 Å². The zero-order chi connectivity index (χ0) is 15.3. The van der Waals surface area contributed by atoms with E-state index in [1.807, 2.05) is 0 Å². The first kappa shape index (κ1) is 16.7. The van der Waals surface area contributed by atoms with Crippen LogP contribution in [0.3, 0.4) is 0 Å². The summed E-state index contributed by atoms with van der Waals surface area (Å²) in [7, 11) is 2.88. The number of alkyl halides is 3. The number of hydrogen-bond acceptors (Lipinski definition) is 3. The molecule has 0 aromatic carbocycles. The molecule has 0 aromatic heterocycles. The van der Waals surface area contributed by atoms with E-state index in [9.17, 15) is 22.8 Å². The quantitative estimate of drug-likeness (QED) is 0.808. The molecule has 1 atom stereocenters. The van der Waals surface area contributed by atoms with Crippen molar-refractivity contribution in [1.29, 1.82) is 0 Å². The number of carbonyl (C=O) groups excluding carboxylic acids is 2. The lowest BCUT2D eigenvalue weighted by atomic mass is 10.1. The van der Waals surface area contributed by atoms with Gasteiger partial charge in [0, 0.05) is 26.6 Å². The number of likely N-dealkylation sites (N-methyl/N-ethyl adjacent to an activating group) is 1. The molecule has 20 heavy (non-hydrogen) atoms. The fourth-order valence-corrected chi connectivity index (χ4v) is 2.02. The summed E-state index contributed by atoms with van der Waals surface area (Å²) in [4.78, 5) is 25.2. The van der Waals surface area contributed by atoms with Crippen LogP contribution in [0.25, 0.3) is 0 Å². The second-order valence-electron chi connectivity index (χ2n) is 5.15. The second-order valence-corrected chi connectivity index (χ2v) is 5.15. The van der Waals surface area contributed by atoms with Crippen LogP contribution in [-0.4, -0.2) is 67.6 Å². The van der Waals surface area contributed by atoms with Crippen LogP contribution in [-0.2, 0) is 9.59 Å². The maximum atomic E-state index is 12.5. The Labute approximate surface area is 116 Å². The number of hydrogen-bond donors (Lipinski definition) is 1. The Balaban J connectivity index is 2.64. The van der Waals surface area contributed by atoms with Crippen LogP contribution in [0.5, 0.6) is 0 Å². The fourth-order valence-electron chi connectivity index (χ4n) is 2.02. The highest BCUT2D eigenvalue weighted by Gasteiger charge is 2.34. The Morgan fingerprint density at radius 3 is 2.35 bits per heavy atom. The molecule has 5 nitrogen and oxygen atoms in total. The molecule has 1 saturated heterocycles. The molecular formula is C12H20F3N3O2. The molecule has 1 unspecified atom stereocenters. The maximum absolute atomic E-state index is 12.5. The molecule has 1 heterocycles. The normalized spacial score (nSPS) is 18.9. The van der Waals surface area contributed by atoms with Crippen LogP contribution >= 0.6 is 0 Å². The van der Waals surface area contributed by atoms with Crippen molar-refractivity contribution < 1.29 is 22.8 Å². The Morgan fingerprint density at radius 1 is 1.25 bits per heavy atom. The van der Waals surface area contributed by atoms with Gasteiger partial charge in [0.25, 0.3) is 0 Å². The molecule has 116 valence electrons. The first-order valence-corrected chi connectivity index (χ1v) is 6.47. The SMILES string of the molecule is CN(C)C(=O)CN(CC(F)(F)F)C(=O)CC1CCCN1. The molecule has 0 spiro atoms. The Kier molecular flexibility index (Phi) is 5.79. The van der Waals surface area contributed by atoms with Gasteiger partial charge >= 0.3 is 6.18 Å². The lowest BCUT2D eigenvalue weighted by molar-refractivity contribution is -0.164. The van der Waals surface area contributed by atoms with Crippen molar-refractivity contribution in [3.05, 3.63) is 0 Å². The van der Waals surface area contributed by atoms with Crippen molar-refractivity contribution in [2.45, 2.75) is 31.5 Å². The van der Waals surface area contributed by atoms with Crippen LogP contribution in [0.4, 0.5) is 13.2 Å². The van der Waals surface area contributed by atoms with E-state index in [0.29, 0.717) is 4.90 Å². The van der Waals surface area contributed by atoms with Gasteiger partial charge < -0.3 is 15.1 Å². The summed E-state index contributed by atoms with van der Waals surface area (Å²) in [6.07, 6.45) is -2.83. The standard InChI is InChI=1S/C12H20F3N3O2/c1-17(2)11(20)7-18(8-12(13,14)15)10(19)6-9-4-3-5-16-9/h9,16H,3-8H2,1-2H3. The highest BCUT2D eigenvalue weighted by Crippen LogP contribution is 2.18. The first-order valence-electron chi connectivity index (χ1n) is 6.47. The van der Waals surface area contributed by atoms with E-state index in [4.69, 9.17) is 0 Å². The molecule has 1 rings (SSSR count). The van der Waals surface area contributed by atoms with Gasteiger partial charge in [0.15, 0.2) is 0 Å². The van der Waals surface area contributed by atoms with Gasteiger partial charge in [-0.2, -0.15) is 13.2 Å². The molecule has 1 fully saturated rings. The number of rotatable bonds is 5. The van der Waals surface area contributed by atoms with E-state index in [1.165, 1.54) is 19.0 Å². The zero-order valence-corrected chi connectivity index (χ0v) is 11.7. The van der Waals surface area contributed by atoms with Gasteiger partial charge in [0.2, 0.25) is 11.8 Å². The Morgan fingerprint density at radius 2 is 1.90 bits per heavy atom. The first-order chi connectivity index (χ1) is 9.19. The maximum Gasteiger partial charge on any atom is 0.406 e. The van der Waals surface area contributed by atoms with Crippen LogP contribution in [0.1, 0.15) is 19.3 Å². The summed E-state index contributed by atoms with van der Waals surface area (Å²) >= 11 is 0. The number of halogens is 3. The van der Waals surface area contributed by atoms with Gasteiger partial charge in [0.1, 0.15) is 13.1 Å². The minimum atomic E-state index is -4.51. The summed E-state index contributed by atoms with van der Waals surface area (Å²) < 4.78 is 37.5. The highest BCUT2D eigenvalue weighted by atomic mass is 19.4. The topological polar surface area (TPSA) is 52.7 Å². The van der Waals surface area contributed by atoms with E-state index in [1.54, 1.807) is 0 Å². The zero-order valence-electron chi connectivity index (χ0n) is 11.7. The molecule has 1 aliphatic heterocycles. The van der Waals surface area contributed by atoms with Crippen LogP contribution < -0.4 is 5.32 Å². The van der Waals surface area contributed by atoms with Crippen molar-refractivity contribution >= 4 is 11.8 Å². The number of carbonyl (C=O) groups is 2. The van der Waals surface area contributed by atoms with Crippen molar-refractivity contribution in [1.82, 2.24) is 15.1 Å². The smallest absolute Gasteiger partial charge is 0.347 e. The summed E-state index contributed by atoms with van der Waals surface area (Å²) in [5.74, 6) is -1.17. The average molecular weight is 295 g/mol. The molecule has 8 heteroatoms. The average Bonchev–Trinajstić information content (AvgIpc) is 2.78. The highest BCUT2D eigenvalue weighted by molar-refractivity contribution is 5.84. The third-order valence-electron chi connectivity index (χ3n) is 3.13. The third kappa shape index (κ3) is 5.77. The number of nitrogens with one attached hydrogen (secondary N) is 1. The van der Waals surface area contributed by atoms with E-state index in [0.717, 1.165) is 19.4 Å². The fraction of sp³-hybridized carbons (Fsp3) is 0.833. The molecule has 0 saturated carbocycles. The minimum absolute atomic E-state index is 0.00319. The van der Waals surface area contributed by atoms with E-state index in [2.05, 4.69) is 5.32 Å². The number of amides is 2. The third-order valence-corrected chi connectivity index (χ3v) is 3.13.